The van der Waals surface area contributed by atoms with Gasteiger partial charge in [-0.25, -0.2) is 4.98 Å². The summed E-state index contributed by atoms with van der Waals surface area (Å²) in [6.45, 7) is 0. The third-order valence-corrected chi connectivity index (χ3v) is 10.3. The van der Waals surface area contributed by atoms with E-state index in [1.54, 1.807) is 0 Å². The van der Waals surface area contributed by atoms with E-state index < -0.39 is 0 Å². The maximum Gasteiger partial charge on any atom is 0.138 e. The Morgan fingerprint density at radius 2 is 1.00 bits per heavy atom. The highest BCUT2D eigenvalue weighted by molar-refractivity contribution is 6.19. The Kier molecular flexibility index (Phi) is 5.92. The van der Waals surface area contributed by atoms with Crippen LogP contribution in [0.5, 0.6) is 0 Å². The molecule has 0 bridgehead atoms. The molecule has 4 heterocycles. The van der Waals surface area contributed by atoms with Gasteiger partial charge < -0.3 is 8.98 Å². The molecule has 0 saturated carbocycles. The molecular formula is C47H29N3O. The van der Waals surface area contributed by atoms with Gasteiger partial charge in [0.2, 0.25) is 0 Å². The minimum Gasteiger partial charge on any atom is -0.456 e. The Balaban J connectivity index is 1.15. The summed E-state index contributed by atoms with van der Waals surface area (Å²) in [6, 6.07) is 62.5. The summed E-state index contributed by atoms with van der Waals surface area (Å²) in [4.78, 5) is 5.33. The van der Waals surface area contributed by atoms with Gasteiger partial charge in [0.05, 0.1) is 27.8 Å². The predicted molar refractivity (Wildman–Crippen MR) is 211 cm³/mol. The van der Waals surface area contributed by atoms with Gasteiger partial charge in [0, 0.05) is 43.6 Å². The smallest absolute Gasteiger partial charge is 0.138 e. The Labute approximate surface area is 293 Å². The zero-order valence-electron chi connectivity index (χ0n) is 27.5. The normalized spacial score (nSPS) is 11.9. The van der Waals surface area contributed by atoms with Crippen molar-refractivity contribution in [3.63, 3.8) is 0 Å². The van der Waals surface area contributed by atoms with Crippen LogP contribution in [0.4, 0.5) is 0 Å². The molecule has 0 radical (unpaired) electrons. The molecule has 11 aromatic rings. The summed E-state index contributed by atoms with van der Waals surface area (Å²) in [5.41, 5.74) is 11.9. The summed E-state index contributed by atoms with van der Waals surface area (Å²) in [6.07, 6.45) is 0. The quantitative estimate of drug-likeness (QED) is 0.190. The molecule has 4 heteroatoms. The second-order valence-corrected chi connectivity index (χ2v) is 13.2. The maximum absolute atomic E-state index is 6.12. The highest BCUT2D eigenvalue weighted by Crippen LogP contribution is 2.40. The summed E-state index contributed by atoms with van der Waals surface area (Å²) in [5, 5.41) is 7.08. The first-order valence-electron chi connectivity index (χ1n) is 17.3. The molecule has 0 aliphatic heterocycles. The maximum atomic E-state index is 6.12. The second kappa shape index (κ2) is 10.8. The number of pyridine rings is 1. The third-order valence-electron chi connectivity index (χ3n) is 10.3. The highest BCUT2D eigenvalue weighted by atomic mass is 16.3. The van der Waals surface area contributed by atoms with Crippen LogP contribution in [-0.4, -0.2) is 14.1 Å². The zero-order valence-corrected chi connectivity index (χ0v) is 27.5. The van der Waals surface area contributed by atoms with Crippen molar-refractivity contribution in [3.05, 3.63) is 176 Å². The van der Waals surface area contributed by atoms with Gasteiger partial charge in [-0.1, -0.05) is 103 Å². The number of hydrogen-bond acceptors (Lipinski definition) is 2. The van der Waals surface area contributed by atoms with Gasteiger partial charge >= 0.3 is 0 Å². The van der Waals surface area contributed by atoms with Crippen LogP contribution in [0.3, 0.4) is 0 Å². The predicted octanol–water partition coefficient (Wildman–Crippen LogP) is 12.5. The lowest BCUT2D eigenvalue weighted by molar-refractivity contribution is 0.669. The first kappa shape index (κ1) is 28.0. The van der Waals surface area contributed by atoms with Crippen molar-refractivity contribution in [2.24, 2.45) is 0 Å². The van der Waals surface area contributed by atoms with E-state index >= 15 is 0 Å². The molecule has 0 unspecified atom stereocenters. The summed E-state index contributed by atoms with van der Waals surface area (Å²) >= 11 is 0. The van der Waals surface area contributed by atoms with E-state index in [0.29, 0.717) is 0 Å². The summed E-state index contributed by atoms with van der Waals surface area (Å²) in [7, 11) is 0. The van der Waals surface area contributed by atoms with E-state index in [2.05, 4.69) is 173 Å². The topological polar surface area (TPSA) is 35.9 Å². The van der Waals surface area contributed by atoms with E-state index in [-0.39, 0.29) is 0 Å². The van der Waals surface area contributed by atoms with E-state index in [0.717, 1.165) is 61.3 Å². The average Bonchev–Trinajstić information content (AvgIpc) is 3.84. The zero-order chi connectivity index (χ0) is 33.5. The molecule has 0 N–H and O–H groups in total. The molecule has 0 aliphatic carbocycles. The third kappa shape index (κ3) is 4.23. The van der Waals surface area contributed by atoms with Gasteiger partial charge in [0.25, 0.3) is 0 Å². The monoisotopic (exact) mass is 651 g/mol. The molecule has 0 aliphatic rings. The molecule has 0 amide bonds. The Morgan fingerprint density at radius 3 is 1.82 bits per heavy atom. The average molecular weight is 652 g/mol. The van der Waals surface area contributed by atoms with Gasteiger partial charge in [0.1, 0.15) is 17.0 Å². The number of fused-ring (bicyclic) bond motifs is 9. The summed E-state index contributed by atoms with van der Waals surface area (Å²) in [5.74, 6) is 0.879. The first-order valence-corrected chi connectivity index (χ1v) is 17.3. The molecule has 238 valence electrons. The van der Waals surface area contributed by atoms with Crippen LogP contribution < -0.4 is 0 Å². The van der Waals surface area contributed by atoms with Gasteiger partial charge in [-0.05, 0) is 83.9 Å². The van der Waals surface area contributed by atoms with Crippen LogP contribution in [0, 0.1) is 0 Å². The van der Waals surface area contributed by atoms with Crippen LogP contribution in [0.15, 0.2) is 180 Å². The van der Waals surface area contributed by atoms with Crippen molar-refractivity contribution in [2.45, 2.75) is 0 Å². The van der Waals surface area contributed by atoms with Gasteiger partial charge in [-0.2, -0.15) is 0 Å². The van der Waals surface area contributed by atoms with E-state index in [4.69, 9.17) is 9.40 Å². The summed E-state index contributed by atoms with van der Waals surface area (Å²) < 4.78 is 10.9. The minimum absolute atomic E-state index is 0.879. The highest BCUT2D eigenvalue weighted by Gasteiger charge is 2.19. The van der Waals surface area contributed by atoms with Crippen LogP contribution in [0.2, 0.25) is 0 Å². The number of benzene rings is 7. The van der Waals surface area contributed by atoms with E-state index in [1.807, 2.05) is 12.1 Å². The molecule has 51 heavy (non-hydrogen) atoms. The van der Waals surface area contributed by atoms with Crippen LogP contribution in [0.25, 0.3) is 99.4 Å². The Bertz CT molecular complexity index is 3140. The standard InChI is InChI=1S/C47H29N3O/c1-2-12-30(13-3-1)31-14-10-15-33(26-31)49-41-20-7-4-16-34(41)37-28-38-35-17-5-8-21-42(35)50(44(38)29-43(37)49)47-23-11-19-40(48-47)32-24-25-46-39(27-32)36-18-6-9-22-45(36)51-46/h1-29H. The molecule has 0 atom stereocenters. The fourth-order valence-electron chi connectivity index (χ4n) is 8.01. The molecule has 0 spiro atoms. The van der Waals surface area contributed by atoms with Crippen LogP contribution in [0.1, 0.15) is 0 Å². The largest absolute Gasteiger partial charge is 0.456 e. The fraction of sp³-hybridized carbons (Fsp3) is 0. The SMILES string of the molecule is c1ccc(-c2cccc(-n3c4ccccc4c4cc5c6ccccc6n(-c6cccc(-c7ccc8oc9ccccc9c8c7)n6)c5cc43)c2)cc1. The van der Waals surface area contributed by atoms with E-state index in [9.17, 15) is 0 Å². The van der Waals surface area contributed by atoms with Crippen molar-refractivity contribution in [1.29, 1.82) is 0 Å². The van der Waals surface area contributed by atoms with Crippen molar-refractivity contribution in [2.75, 3.05) is 0 Å². The van der Waals surface area contributed by atoms with Gasteiger partial charge in [-0.15, -0.1) is 0 Å². The molecule has 4 aromatic heterocycles. The lowest BCUT2D eigenvalue weighted by Gasteiger charge is -2.12. The molecule has 7 aromatic carbocycles. The number of furan rings is 1. The molecular weight excluding hydrogens is 623 g/mol. The Morgan fingerprint density at radius 1 is 0.353 bits per heavy atom. The van der Waals surface area contributed by atoms with Crippen molar-refractivity contribution < 1.29 is 4.42 Å². The number of para-hydroxylation sites is 3. The molecule has 0 fully saturated rings. The number of rotatable bonds is 4. The second-order valence-electron chi connectivity index (χ2n) is 13.2. The van der Waals surface area contributed by atoms with Crippen molar-refractivity contribution in [1.82, 2.24) is 14.1 Å². The Hall–Kier alpha value is -6.91. The van der Waals surface area contributed by atoms with Crippen molar-refractivity contribution in [3.8, 4) is 33.9 Å². The van der Waals surface area contributed by atoms with Gasteiger partial charge in [0.15, 0.2) is 0 Å². The molecule has 0 saturated heterocycles. The van der Waals surface area contributed by atoms with Crippen LogP contribution >= 0.6 is 0 Å². The minimum atomic E-state index is 0.879. The lowest BCUT2D eigenvalue weighted by Crippen LogP contribution is -1.99. The number of hydrogen-bond donors (Lipinski definition) is 0. The molecule has 11 rings (SSSR count). The lowest BCUT2D eigenvalue weighted by atomic mass is 10.1. The first-order chi connectivity index (χ1) is 25.3. The fourth-order valence-corrected chi connectivity index (χ4v) is 8.01. The van der Waals surface area contributed by atoms with Gasteiger partial charge in [-0.3, -0.25) is 4.57 Å². The van der Waals surface area contributed by atoms with E-state index in [1.165, 1.54) is 38.2 Å². The van der Waals surface area contributed by atoms with Crippen molar-refractivity contribution >= 4 is 65.6 Å². The number of nitrogens with zero attached hydrogens (tertiary/aromatic N) is 3. The molecule has 4 nitrogen and oxygen atoms in total. The van der Waals surface area contributed by atoms with Crippen LogP contribution in [-0.2, 0) is 0 Å². The number of aromatic nitrogens is 3.